The standard InChI is InChI=1S/C14H14N2OS2/c15-14(18)12-3-1-10(2-4-12)8-16-13(17)7-11-5-6-19-9-11/h1-6,9H,7-8H2,(H2,15,18)(H,16,17). The van der Waals surface area contributed by atoms with Gasteiger partial charge in [-0.3, -0.25) is 4.79 Å². The molecule has 1 heterocycles. The molecule has 0 saturated heterocycles. The van der Waals surface area contributed by atoms with Crippen molar-refractivity contribution in [1.82, 2.24) is 5.32 Å². The number of carbonyl (C=O) groups is 1. The fourth-order valence-corrected chi connectivity index (χ4v) is 2.43. The van der Waals surface area contributed by atoms with E-state index in [4.69, 9.17) is 18.0 Å². The minimum atomic E-state index is 0.0248. The second-order valence-corrected chi connectivity index (χ2v) is 5.37. The van der Waals surface area contributed by atoms with Gasteiger partial charge in [0, 0.05) is 12.1 Å². The van der Waals surface area contributed by atoms with Gasteiger partial charge in [-0.25, -0.2) is 0 Å². The number of benzene rings is 1. The molecule has 1 amide bonds. The molecule has 0 bridgehead atoms. The summed E-state index contributed by atoms with van der Waals surface area (Å²) in [7, 11) is 0. The van der Waals surface area contributed by atoms with E-state index in [0.717, 1.165) is 16.7 Å². The maximum Gasteiger partial charge on any atom is 0.224 e. The molecular formula is C14H14N2OS2. The lowest BCUT2D eigenvalue weighted by Gasteiger charge is -2.05. The molecule has 3 N–H and O–H groups in total. The normalized spacial score (nSPS) is 10.1. The Morgan fingerprint density at radius 2 is 1.95 bits per heavy atom. The van der Waals surface area contributed by atoms with E-state index in [0.29, 0.717) is 18.0 Å². The van der Waals surface area contributed by atoms with Crippen molar-refractivity contribution in [2.75, 3.05) is 0 Å². The van der Waals surface area contributed by atoms with Crippen molar-refractivity contribution >= 4 is 34.5 Å². The molecule has 1 aromatic carbocycles. The number of hydrogen-bond acceptors (Lipinski definition) is 3. The first kappa shape index (κ1) is 13.7. The Hall–Kier alpha value is -1.72. The first-order valence-corrected chi connectivity index (χ1v) is 7.17. The summed E-state index contributed by atoms with van der Waals surface area (Å²) in [4.78, 5) is 12.1. The highest BCUT2D eigenvalue weighted by Gasteiger charge is 2.04. The molecule has 0 atom stereocenters. The van der Waals surface area contributed by atoms with Gasteiger partial charge in [0.05, 0.1) is 6.42 Å². The SMILES string of the molecule is NC(=S)c1ccc(CNC(=O)Cc2ccsc2)cc1. The lowest BCUT2D eigenvalue weighted by molar-refractivity contribution is -0.120. The molecule has 0 saturated carbocycles. The zero-order chi connectivity index (χ0) is 13.7. The van der Waals surface area contributed by atoms with E-state index in [9.17, 15) is 4.79 Å². The van der Waals surface area contributed by atoms with Crippen LogP contribution in [0.2, 0.25) is 0 Å². The molecule has 0 fully saturated rings. The van der Waals surface area contributed by atoms with Gasteiger partial charge < -0.3 is 11.1 Å². The van der Waals surface area contributed by atoms with Crippen molar-refractivity contribution in [3.8, 4) is 0 Å². The van der Waals surface area contributed by atoms with Crippen LogP contribution in [0, 0.1) is 0 Å². The predicted octanol–water partition coefficient (Wildman–Crippen LogP) is 2.24. The average molecular weight is 290 g/mol. The van der Waals surface area contributed by atoms with E-state index in [2.05, 4.69) is 5.32 Å². The van der Waals surface area contributed by atoms with Gasteiger partial charge in [0.25, 0.3) is 0 Å². The summed E-state index contributed by atoms with van der Waals surface area (Å²) in [5.74, 6) is 0.0248. The number of nitrogens with two attached hydrogens (primary N) is 1. The molecule has 0 aliphatic heterocycles. The van der Waals surface area contributed by atoms with Crippen molar-refractivity contribution in [1.29, 1.82) is 0 Å². The van der Waals surface area contributed by atoms with E-state index in [1.807, 2.05) is 41.1 Å². The van der Waals surface area contributed by atoms with E-state index >= 15 is 0 Å². The number of carbonyl (C=O) groups excluding carboxylic acids is 1. The van der Waals surface area contributed by atoms with Crippen LogP contribution in [0.3, 0.4) is 0 Å². The average Bonchev–Trinajstić information content (AvgIpc) is 2.89. The molecule has 0 aliphatic rings. The molecule has 5 heteroatoms. The molecule has 98 valence electrons. The molecule has 0 spiro atoms. The quantitative estimate of drug-likeness (QED) is 0.830. The van der Waals surface area contributed by atoms with Crippen LogP contribution in [0.5, 0.6) is 0 Å². The third-order valence-electron chi connectivity index (χ3n) is 2.67. The number of hydrogen-bond donors (Lipinski definition) is 2. The third kappa shape index (κ3) is 4.15. The highest BCUT2D eigenvalue weighted by atomic mass is 32.1. The number of thiophene rings is 1. The van der Waals surface area contributed by atoms with Crippen molar-refractivity contribution in [3.63, 3.8) is 0 Å². The van der Waals surface area contributed by atoms with Crippen LogP contribution in [0.25, 0.3) is 0 Å². The zero-order valence-electron chi connectivity index (χ0n) is 10.3. The van der Waals surface area contributed by atoms with Crippen LogP contribution >= 0.6 is 23.6 Å². The molecule has 2 rings (SSSR count). The van der Waals surface area contributed by atoms with Gasteiger partial charge in [-0.2, -0.15) is 11.3 Å². The van der Waals surface area contributed by atoms with E-state index in [1.54, 1.807) is 11.3 Å². The summed E-state index contributed by atoms with van der Waals surface area (Å²) in [6.07, 6.45) is 0.425. The molecule has 0 radical (unpaired) electrons. The Balaban J connectivity index is 1.84. The van der Waals surface area contributed by atoms with Crippen LogP contribution in [-0.2, 0) is 17.8 Å². The smallest absolute Gasteiger partial charge is 0.224 e. The van der Waals surface area contributed by atoms with E-state index in [-0.39, 0.29) is 5.91 Å². The van der Waals surface area contributed by atoms with Gasteiger partial charge >= 0.3 is 0 Å². The summed E-state index contributed by atoms with van der Waals surface area (Å²) < 4.78 is 0. The Kier molecular flexibility index (Phi) is 4.65. The Morgan fingerprint density at radius 3 is 2.53 bits per heavy atom. The molecule has 0 unspecified atom stereocenters. The van der Waals surface area contributed by atoms with Gasteiger partial charge in [-0.1, -0.05) is 36.5 Å². The van der Waals surface area contributed by atoms with Gasteiger partial charge in [0.2, 0.25) is 5.91 Å². The van der Waals surface area contributed by atoms with Gasteiger partial charge in [-0.15, -0.1) is 0 Å². The molecule has 1 aromatic heterocycles. The molecular weight excluding hydrogens is 276 g/mol. The number of amides is 1. The first-order valence-electron chi connectivity index (χ1n) is 5.81. The number of rotatable bonds is 5. The Morgan fingerprint density at radius 1 is 1.21 bits per heavy atom. The number of thiocarbonyl (C=S) groups is 1. The fourth-order valence-electron chi connectivity index (χ4n) is 1.63. The summed E-state index contributed by atoms with van der Waals surface area (Å²) in [5, 5.41) is 6.84. The van der Waals surface area contributed by atoms with Crippen LogP contribution in [0.4, 0.5) is 0 Å². The summed E-state index contributed by atoms with van der Waals surface area (Å²) >= 11 is 6.48. The minimum absolute atomic E-state index is 0.0248. The Labute approximate surface area is 121 Å². The second kappa shape index (κ2) is 6.45. The van der Waals surface area contributed by atoms with Gasteiger partial charge in [0.1, 0.15) is 4.99 Å². The Bertz CT molecular complexity index is 562. The van der Waals surface area contributed by atoms with E-state index in [1.165, 1.54) is 0 Å². The molecule has 19 heavy (non-hydrogen) atoms. The molecule has 0 aliphatic carbocycles. The topological polar surface area (TPSA) is 55.1 Å². The van der Waals surface area contributed by atoms with Crippen molar-refractivity contribution in [3.05, 3.63) is 57.8 Å². The van der Waals surface area contributed by atoms with Crippen LogP contribution in [0.15, 0.2) is 41.1 Å². The van der Waals surface area contributed by atoms with Gasteiger partial charge in [0.15, 0.2) is 0 Å². The third-order valence-corrected chi connectivity index (χ3v) is 3.64. The lowest BCUT2D eigenvalue weighted by Crippen LogP contribution is -2.24. The monoisotopic (exact) mass is 290 g/mol. The molecule has 3 nitrogen and oxygen atoms in total. The van der Waals surface area contributed by atoms with Gasteiger partial charge in [-0.05, 0) is 28.0 Å². The van der Waals surface area contributed by atoms with Crippen LogP contribution in [-0.4, -0.2) is 10.9 Å². The van der Waals surface area contributed by atoms with Crippen LogP contribution < -0.4 is 11.1 Å². The van der Waals surface area contributed by atoms with Crippen LogP contribution in [0.1, 0.15) is 16.7 Å². The van der Waals surface area contributed by atoms with Crippen molar-refractivity contribution in [2.24, 2.45) is 5.73 Å². The van der Waals surface area contributed by atoms with Crippen molar-refractivity contribution < 1.29 is 4.79 Å². The second-order valence-electron chi connectivity index (χ2n) is 4.15. The minimum Gasteiger partial charge on any atom is -0.389 e. The highest BCUT2D eigenvalue weighted by molar-refractivity contribution is 7.80. The predicted molar refractivity (Wildman–Crippen MR) is 82.2 cm³/mol. The van der Waals surface area contributed by atoms with Crippen molar-refractivity contribution in [2.45, 2.75) is 13.0 Å². The number of nitrogens with one attached hydrogen (secondary N) is 1. The first-order chi connectivity index (χ1) is 9.15. The summed E-state index contributed by atoms with van der Waals surface area (Å²) in [6, 6.07) is 9.52. The maximum atomic E-state index is 11.7. The molecule has 2 aromatic rings. The fraction of sp³-hybridized carbons (Fsp3) is 0.143. The maximum absolute atomic E-state index is 11.7. The largest absolute Gasteiger partial charge is 0.389 e. The highest BCUT2D eigenvalue weighted by Crippen LogP contribution is 2.07. The summed E-state index contributed by atoms with van der Waals surface area (Å²) in [5.41, 5.74) is 8.43. The zero-order valence-corrected chi connectivity index (χ0v) is 11.9. The summed E-state index contributed by atoms with van der Waals surface area (Å²) in [6.45, 7) is 0.514. The van der Waals surface area contributed by atoms with E-state index < -0.39 is 0 Å². The lowest BCUT2D eigenvalue weighted by atomic mass is 10.1.